The van der Waals surface area contributed by atoms with E-state index in [9.17, 15) is 4.79 Å². The fourth-order valence-corrected chi connectivity index (χ4v) is 2.78. The Bertz CT molecular complexity index is 453. The first-order valence-corrected chi connectivity index (χ1v) is 8.33. The highest BCUT2D eigenvalue weighted by molar-refractivity contribution is 5.94. The number of aliphatic hydroxyl groups is 1. The van der Waals surface area contributed by atoms with Crippen LogP contribution in [0.25, 0.3) is 0 Å². The second kappa shape index (κ2) is 8.73. The standard InChI is InChI=1S/C17H27N3O2/c1-14(7-6-12-21)19-17(22)15-8-9-16(18-13-15)20-10-4-2-3-5-11-20/h8-9,13-14,21H,2-7,10-12H2,1H3,(H,19,22). The normalized spacial score (nSPS) is 16.9. The van der Waals surface area contributed by atoms with Crippen molar-refractivity contribution in [3.8, 4) is 0 Å². The van der Waals surface area contributed by atoms with Crippen LogP contribution in [-0.2, 0) is 0 Å². The van der Waals surface area contributed by atoms with Gasteiger partial charge < -0.3 is 15.3 Å². The van der Waals surface area contributed by atoms with E-state index in [1.165, 1.54) is 25.7 Å². The van der Waals surface area contributed by atoms with Crippen LogP contribution in [0.4, 0.5) is 5.82 Å². The van der Waals surface area contributed by atoms with Gasteiger partial charge in [-0.2, -0.15) is 0 Å². The number of rotatable bonds is 6. The van der Waals surface area contributed by atoms with Crippen LogP contribution in [0, 0.1) is 0 Å². The van der Waals surface area contributed by atoms with E-state index in [0.29, 0.717) is 12.0 Å². The van der Waals surface area contributed by atoms with E-state index in [0.717, 1.165) is 25.3 Å². The van der Waals surface area contributed by atoms with Gasteiger partial charge in [0, 0.05) is 31.9 Å². The molecule has 1 saturated heterocycles. The maximum absolute atomic E-state index is 12.1. The number of amides is 1. The van der Waals surface area contributed by atoms with E-state index in [4.69, 9.17) is 5.11 Å². The fourth-order valence-electron chi connectivity index (χ4n) is 2.78. The number of hydrogen-bond acceptors (Lipinski definition) is 4. The first-order valence-electron chi connectivity index (χ1n) is 8.33. The second-order valence-electron chi connectivity index (χ2n) is 6.05. The highest BCUT2D eigenvalue weighted by Gasteiger charge is 2.13. The number of carbonyl (C=O) groups is 1. The number of hydrogen-bond donors (Lipinski definition) is 2. The molecule has 0 saturated carbocycles. The molecular formula is C17H27N3O2. The summed E-state index contributed by atoms with van der Waals surface area (Å²) in [6, 6.07) is 3.85. The van der Waals surface area contributed by atoms with Crippen LogP contribution in [0.1, 0.15) is 55.8 Å². The van der Waals surface area contributed by atoms with Crippen molar-refractivity contribution >= 4 is 11.7 Å². The summed E-state index contributed by atoms with van der Waals surface area (Å²) in [4.78, 5) is 18.9. The minimum absolute atomic E-state index is 0.0601. The smallest absolute Gasteiger partial charge is 0.253 e. The number of nitrogens with zero attached hydrogens (tertiary/aromatic N) is 2. The molecule has 0 spiro atoms. The van der Waals surface area contributed by atoms with E-state index in [1.807, 2.05) is 19.1 Å². The van der Waals surface area contributed by atoms with Gasteiger partial charge >= 0.3 is 0 Å². The molecule has 0 aliphatic carbocycles. The molecule has 5 nitrogen and oxygen atoms in total. The third kappa shape index (κ3) is 4.98. The predicted octanol–water partition coefficient (Wildman–Crippen LogP) is 2.35. The highest BCUT2D eigenvalue weighted by Crippen LogP contribution is 2.17. The number of carbonyl (C=O) groups excluding carboxylic acids is 1. The molecule has 1 aromatic rings. The minimum atomic E-state index is -0.0969. The van der Waals surface area contributed by atoms with Crippen LogP contribution in [-0.4, -0.2) is 41.7 Å². The maximum atomic E-state index is 12.1. The zero-order chi connectivity index (χ0) is 15.8. The zero-order valence-corrected chi connectivity index (χ0v) is 13.4. The van der Waals surface area contributed by atoms with E-state index in [2.05, 4.69) is 15.2 Å². The fraction of sp³-hybridized carbons (Fsp3) is 0.647. The van der Waals surface area contributed by atoms with Crippen molar-refractivity contribution in [2.75, 3.05) is 24.6 Å². The van der Waals surface area contributed by atoms with Gasteiger partial charge in [-0.05, 0) is 44.7 Å². The molecule has 1 amide bonds. The van der Waals surface area contributed by atoms with Gasteiger partial charge in [0.05, 0.1) is 5.56 Å². The van der Waals surface area contributed by atoms with Crippen molar-refractivity contribution in [3.05, 3.63) is 23.9 Å². The van der Waals surface area contributed by atoms with Crippen LogP contribution in [0.15, 0.2) is 18.3 Å². The summed E-state index contributed by atoms with van der Waals surface area (Å²) >= 11 is 0. The molecule has 1 aliphatic heterocycles. The number of anilines is 1. The molecule has 1 atom stereocenters. The molecule has 5 heteroatoms. The van der Waals surface area contributed by atoms with Crippen LogP contribution in [0.2, 0.25) is 0 Å². The molecule has 2 heterocycles. The first-order chi connectivity index (χ1) is 10.7. The lowest BCUT2D eigenvalue weighted by molar-refractivity contribution is 0.0936. The Balaban J connectivity index is 1.91. The van der Waals surface area contributed by atoms with Crippen molar-refractivity contribution in [2.24, 2.45) is 0 Å². The van der Waals surface area contributed by atoms with Crippen LogP contribution in [0.3, 0.4) is 0 Å². The minimum Gasteiger partial charge on any atom is -0.396 e. The largest absolute Gasteiger partial charge is 0.396 e. The van der Waals surface area contributed by atoms with Gasteiger partial charge in [0.1, 0.15) is 5.82 Å². The van der Waals surface area contributed by atoms with Crippen molar-refractivity contribution in [1.82, 2.24) is 10.3 Å². The lowest BCUT2D eigenvalue weighted by Gasteiger charge is -2.21. The molecule has 2 N–H and O–H groups in total. The quantitative estimate of drug-likeness (QED) is 0.847. The molecule has 0 radical (unpaired) electrons. The molecule has 1 unspecified atom stereocenters. The molecule has 1 aromatic heterocycles. The van der Waals surface area contributed by atoms with Gasteiger partial charge in [-0.25, -0.2) is 4.98 Å². The summed E-state index contributed by atoms with van der Waals surface area (Å²) in [5.74, 6) is 0.868. The lowest BCUT2D eigenvalue weighted by atomic mass is 10.1. The molecule has 0 bridgehead atoms. The van der Waals surface area contributed by atoms with Crippen molar-refractivity contribution in [2.45, 2.75) is 51.5 Å². The van der Waals surface area contributed by atoms with Gasteiger partial charge in [0.2, 0.25) is 0 Å². The van der Waals surface area contributed by atoms with Crippen molar-refractivity contribution in [1.29, 1.82) is 0 Å². The molecule has 1 aliphatic rings. The monoisotopic (exact) mass is 305 g/mol. The molecular weight excluding hydrogens is 278 g/mol. The summed E-state index contributed by atoms with van der Waals surface area (Å²) in [7, 11) is 0. The molecule has 22 heavy (non-hydrogen) atoms. The van der Waals surface area contributed by atoms with Crippen LogP contribution >= 0.6 is 0 Å². The summed E-state index contributed by atoms with van der Waals surface area (Å²) in [5.41, 5.74) is 0.592. The average Bonchev–Trinajstić information content (AvgIpc) is 2.82. The van der Waals surface area contributed by atoms with E-state index in [1.54, 1.807) is 6.20 Å². The SMILES string of the molecule is CC(CCCO)NC(=O)c1ccc(N2CCCCCC2)nc1. The Hall–Kier alpha value is -1.62. The molecule has 2 rings (SSSR count). The van der Waals surface area contributed by atoms with Crippen molar-refractivity contribution in [3.63, 3.8) is 0 Å². The Morgan fingerprint density at radius 3 is 2.64 bits per heavy atom. The molecule has 122 valence electrons. The highest BCUT2D eigenvalue weighted by atomic mass is 16.3. The number of aliphatic hydroxyl groups excluding tert-OH is 1. The van der Waals surface area contributed by atoms with E-state index >= 15 is 0 Å². The topological polar surface area (TPSA) is 65.5 Å². The van der Waals surface area contributed by atoms with Gasteiger partial charge in [0.25, 0.3) is 5.91 Å². The predicted molar refractivity (Wildman–Crippen MR) is 88.2 cm³/mol. The molecule has 0 aromatic carbocycles. The van der Waals surface area contributed by atoms with Gasteiger partial charge in [-0.15, -0.1) is 0 Å². The number of aromatic nitrogens is 1. The summed E-state index contributed by atoms with van der Waals surface area (Å²) in [6.45, 7) is 4.21. The second-order valence-corrected chi connectivity index (χ2v) is 6.05. The zero-order valence-electron chi connectivity index (χ0n) is 13.4. The van der Waals surface area contributed by atoms with E-state index in [-0.39, 0.29) is 18.6 Å². The third-order valence-corrected chi connectivity index (χ3v) is 4.11. The Morgan fingerprint density at radius 1 is 1.32 bits per heavy atom. The van der Waals surface area contributed by atoms with Crippen LogP contribution < -0.4 is 10.2 Å². The summed E-state index contributed by atoms with van der Waals surface area (Å²) < 4.78 is 0. The Kier molecular flexibility index (Phi) is 6.65. The van der Waals surface area contributed by atoms with Gasteiger partial charge in [-0.3, -0.25) is 4.79 Å². The first kappa shape index (κ1) is 16.7. The molecule has 1 fully saturated rings. The van der Waals surface area contributed by atoms with Gasteiger partial charge in [0.15, 0.2) is 0 Å². The average molecular weight is 305 g/mol. The number of nitrogens with one attached hydrogen (secondary N) is 1. The Labute approximate surface area is 132 Å². The summed E-state index contributed by atoms with van der Waals surface area (Å²) in [5, 5.41) is 11.7. The Morgan fingerprint density at radius 2 is 2.05 bits per heavy atom. The van der Waals surface area contributed by atoms with Crippen LogP contribution in [0.5, 0.6) is 0 Å². The third-order valence-electron chi connectivity index (χ3n) is 4.11. The lowest BCUT2D eigenvalue weighted by Crippen LogP contribution is -2.33. The van der Waals surface area contributed by atoms with E-state index < -0.39 is 0 Å². The number of pyridine rings is 1. The summed E-state index contributed by atoms with van der Waals surface area (Å²) in [6.07, 6.45) is 8.16. The maximum Gasteiger partial charge on any atom is 0.253 e. The van der Waals surface area contributed by atoms with Crippen molar-refractivity contribution < 1.29 is 9.90 Å². The van der Waals surface area contributed by atoms with Gasteiger partial charge in [-0.1, -0.05) is 12.8 Å².